The average molecular weight is 411 g/mol. The predicted octanol–water partition coefficient (Wildman–Crippen LogP) is 1.38. The molecule has 1 rings (SSSR count). The Kier molecular flexibility index (Phi) is 12.8. The summed E-state index contributed by atoms with van der Waals surface area (Å²) in [4.78, 5) is 23.1. The van der Waals surface area contributed by atoms with Crippen LogP contribution in [0, 0.1) is 11.8 Å². The summed E-state index contributed by atoms with van der Waals surface area (Å²) in [5, 5.41) is 10.6. The summed E-state index contributed by atoms with van der Waals surface area (Å²) in [6.07, 6.45) is 4.27. The van der Waals surface area contributed by atoms with Gasteiger partial charge in [-0.2, -0.15) is 0 Å². The van der Waals surface area contributed by atoms with Crippen molar-refractivity contribution in [2.24, 2.45) is 11.8 Å². The van der Waals surface area contributed by atoms with Crippen LogP contribution in [0.3, 0.4) is 0 Å². The van der Waals surface area contributed by atoms with Gasteiger partial charge in [-0.05, 0) is 12.0 Å². The number of hydrogen-bond donors (Lipinski definition) is 1. The first-order valence-corrected chi connectivity index (χ1v) is 10.0. The first-order chi connectivity index (χ1) is 13.9. The topological polar surface area (TPSA) is 105 Å². The van der Waals surface area contributed by atoms with Crippen molar-refractivity contribution in [3.8, 4) is 0 Å². The second kappa shape index (κ2) is 14.8. The molecular formula is C20H34N4O5. The number of nitrogens with one attached hydrogen (secondary N) is 1. The van der Waals surface area contributed by atoms with Gasteiger partial charge in [0.05, 0.1) is 52.3 Å². The fourth-order valence-electron chi connectivity index (χ4n) is 2.03. The van der Waals surface area contributed by atoms with Gasteiger partial charge in [-0.15, -0.1) is 5.10 Å². The smallest absolute Gasteiger partial charge is 0.244 e. The highest BCUT2D eigenvalue weighted by Gasteiger charge is 2.05. The Hall–Kier alpha value is -2.10. The van der Waals surface area contributed by atoms with Gasteiger partial charge in [-0.25, -0.2) is 4.68 Å². The molecule has 0 aliphatic rings. The van der Waals surface area contributed by atoms with E-state index >= 15 is 0 Å². The van der Waals surface area contributed by atoms with E-state index in [0.29, 0.717) is 51.2 Å². The van der Waals surface area contributed by atoms with Crippen molar-refractivity contribution in [2.45, 2.75) is 40.8 Å². The van der Waals surface area contributed by atoms with Gasteiger partial charge >= 0.3 is 0 Å². The van der Waals surface area contributed by atoms with Crippen molar-refractivity contribution in [3.05, 3.63) is 24.0 Å². The van der Waals surface area contributed by atoms with Crippen molar-refractivity contribution < 1.29 is 23.8 Å². The molecule has 0 aliphatic heterocycles. The molecule has 0 radical (unpaired) electrons. The number of nitrogens with zero attached hydrogens (tertiary/aromatic N) is 3. The SMILES string of the molecule is CC(C)COCCOCCOCCn1cc(CNC(=O)/C=C/C(=O)C(C)C)nn1. The summed E-state index contributed by atoms with van der Waals surface area (Å²) >= 11 is 0. The highest BCUT2D eigenvalue weighted by molar-refractivity contribution is 5.98. The third kappa shape index (κ3) is 12.9. The van der Waals surface area contributed by atoms with E-state index in [2.05, 4.69) is 29.5 Å². The summed E-state index contributed by atoms with van der Waals surface area (Å²) in [7, 11) is 0. The molecule has 1 heterocycles. The van der Waals surface area contributed by atoms with Crippen LogP contribution in [0.5, 0.6) is 0 Å². The van der Waals surface area contributed by atoms with Crippen molar-refractivity contribution in [1.29, 1.82) is 0 Å². The third-order valence-corrected chi connectivity index (χ3v) is 3.66. The molecular weight excluding hydrogens is 376 g/mol. The summed E-state index contributed by atoms with van der Waals surface area (Å²) < 4.78 is 18.0. The largest absolute Gasteiger partial charge is 0.379 e. The first kappa shape index (κ1) is 24.9. The number of hydrogen-bond acceptors (Lipinski definition) is 7. The number of allylic oxidation sites excluding steroid dienone is 1. The van der Waals surface area contributed by atoms with E-state index in [9.17, 15) is 9.59 Å². The Bertz CT molecular complexity index is 628. The number of carbonyl (C=O) groups excluding carboxylic acids is 2. The molecule has 0 fully saturated rings. The Morgan fingerprint density at radius 1 is 1.03 bits per heavy atom. The fraction of sp³-hybridized carbons (Fsp3) is 0.700. The minimum Gasteiger partial charge on any atom is -0.379 e. The van der Waals surface area contributed by atoms with E-state index in [1.165, 1.54) is 12.2 Å². The van der Waals surface area contributed by atoms with Gasteiger partial charge < -0.3 is 19.5 Å². The zero-order valence-electron chi connectivity index (χ0n) is 17.9. The van der Waals surface area contributed by atoms with Crippen molar-refractivity contribution >= 4 is 11.7 Å². The van der Waals surface area contributed by atoms with Crippen LogP contribution in [0.15, 0.2) is 18.3 Å². The minimum absolute atomic E-state index is 0.0871. The van der Waals surface area contributed by atoms with Gasteiger partial charge in [0.15, 0.2) is 5.78 Å². The van der Waals surface area contributed by atoms with E-state index in [4.69, 9.17) is 14.2 Å². The van der Waals surface area contributed by atoms with Crippen molar-refractivity contribution in [3.63, 3.8) is 0 Å². The van der Waals surface area contributed by atoms with Crippen molar-refractivity contribution in [2.75, 3.05) is 39.6 Å². The molecule has 1 aromatic heterocycles. The lowest BCUT2D eigenvalue weighted by Gasteiger charge is -2.08. The van der Waals surface area contributed by atoms with E-state index in [0.717, 1.165) is 6.61 Å². The molecule has 0 spiro atoms. The molecule has 9 nitrogen and oxygen atoms in total. The molecule has 1 aromatic rings. The normalized spacial score (nSPS) is 11.7. The number of ether oxygens (including phenoxy) is 3. The summed E-state index contributed by atoms with van der Waals surface area (Å²) in [6.45, 7) is 12.0. The Labute approximate surface area is 172 Å². The van der Waals surface area contributed by atoms with Crippen LogP contribution >= 0.6 is 0 Å². The van der Waals surface area contributed by atoms with Crippen LogP contribution in [-0.4, -0.2) is 66.3 Å². The zero-order chi connectivity index (χ0) is 21.5. The number of aromatic nitrogens is 3. The Morgan fingerprint density at radius 3 is 2.34 bits per heavy atom. The molecule has 1 N–H and O–H groups in total. The molecule has 0 atom stereocenters. The number of rotatable bonds is 16. The second-order valence-corrected chi connectivity index (χ2v) is 7.27. The monoisotopic (exact) mass is 410 g/mol. The molecule has 0 bridgehead atoms. The number of carbonyl (C=O) groups is 2. The number of ketones is 1. The van der Waals surface area contributed by atoms with Gasteiger partial charge in [0.25, 0.3) is 0 Å². The second-order valence-electron chi connectivity index (χ2n) is 7.27. The van der Waals surface area contributed by atoms with Crippen LogP contribution in [0.1, 0.15) is 33.4 Å². The predicted molar refractivity (Wildman–Crippen MR) is 108 cm³/mol. The van der Waals surface area contributed by atoms with Gasteiger partial charge in [-0.1, -0.05) is 32.9 Å². The zero-order valence-corrected chi connectivity index (χ0v) is 17.9. The van der Waals surface area contributed by atoms with Crippen LogP contribution in [0.25, 0.3) is 0 Å². The Balaban J connectivity index is 2.08. The fourth-order valence-corrected chi connectivity index (χ4v) is 2.03. The lowest BCUT2D eigenvalue weighted by atomic mass is 10.1. The molecule has 0 unspecified atom stereocenters. The first-order valence-electron chi connectivity index (χ1n) is 10.0. The molecule has 1 amide bonds. The lowest BCUT2D eigenvalue weighted by molar-refractivity contribution is -0.119. The van der Waals surface area contributed by atoms with Gasteiger partial charge in [0.2, 0.25) is 5.91 Å². The van der Waals surface area contributed by atoms with Crippen LogP contribution < -0.4 is 5.32 Å². The average Bonchev–Trinajstić information content (AvgIpc) is 3.13. The third-order valence-electron chi connectivity index (χ3n) is 3.66. The van der Waals surface area contributed by atoms with E-state index in [1.807, 2.05) is 0 Å². The van der Waals surface area contributed by atoms with Gasteiger partial charge in [-0.3, -0.25) is 9.59 Å². The number of amides is 1. The Morgan fingerprint density at radius 2 is 1.69 bits per heavy atom. The van der Waals surface area contributed by atoms with Crippen LogP contribution in [-0.2, 0) is 36.9 Å². The highest BCUT2D eigenvalue weighted by atomic mass is 16.5. The molecule has 0 saturated carbocycles. The van der Waals surface area contributed by atoms with Crippen LogP contribution in [0.2, 0.25) is 0 Å². The standard InChI is InChI=1S/C20H34N4O5/c1-16(2)15-29-12-11-28-10-9-27-8-7-24-14-18(22-23-24)13-21-20(26)6-5-19(25)17(3)4/h5-6,14,16-17H,7-13,15H2,1-4H3,(H,21,26)/b6-5+. The van der Waals surface area contributed by atoms with Crippen LogP contribution in [0.4, 0.5) is 0 Å². The molecule has 29 heavy (non-hydrogen) atoms. The maximum absolute atomic E-state index is 11.7. The molecule has 9 heteroatoms. The van der Waals surface area contributed by atoms with E-state index in [1.54, 1.807) is 24.7 Å². The molecule has 0 saturated heterocycles. The quantitative estimate of drug-likeness (QED) is 0.324. The molecule has 164 valence electrons. The van der Waals surface area contributed by atoms with E-state index in [-0.39, 0.29) is 24.2 Å². The maximum atomic E-state index is 11.7. The molecule has 0 aliphatic carbocycles. The van der Waals surface area contributed by atoms with E-state index < -0.39 is 0 Å². The minimum atomic E-state index is -0.341. The van der Waals surface area contributed by atoms with Gasteiger partial charge in [0, 0.05) is 18.6 Å². The van der Waals surface area contributed by atoms with Crippen molar-refractivity contribution in [1.82, 2.24) is 20.3 Å². The highest BCUT2D eigenvalue weighted by Crippen LogP contribution is 1.96. The maximum Gasteiger partial charge on any atom is 0.244 e. The summed E-state index contributed by atoms with van der Waals surface area (Å²) in [6, 6.07) is 0. The lowest BCUT2D eigenvalue weighted by Crippen LogP contribution is -2.21. The van der Waals surface area contributed by atoms with Gasteiger partial charge in [0.1, 0.15) is 5.69 Å². The molecule has 0 aromatic carbocycles. The summed E-state index contributed by atoms with van der Waals surface area (Å²) in [5.41, 5.74) is 0.631. The summed E-state index contributed by atoms with van der Waals surface area (Å²) in [5.74, 6) is -0.0250.